The molecule has 1 aliphatic carbocycles. The van der Waals surface area contributed by atoms with E-state index in [9.17, 15) is 19.5 Å². The van der Waals surface area contributed by atoms with E-state index >= 15 is 0 Å². The number of allylic oxidation sites excluding steroid dienone is 3. The van der Waals surface area contributed by atoms with Gasteiger partial charge < -0.3 is 20.3 Å². The summed E-state index contributed by atoms with van der Waals surface area (Å²) in [5.74, 6) is -1.52. The van der Waals surface area contributed by atoms with Gasteiger partial charge in [-0.05, 0) is 49.5 Å². The van der Waals surface area contributed by atoms with Crippen LogP contribution >= 0.6 is 11.6 Å². The SMILES string of the molecule is Cc1cc(Cl)c2c(c1O)C(=O)OC(C)C2.O=CNC(CC1=CCCC=C1)C(=O)O. The number of halogens is 1. The Morgan fingerprint density at radius 2 is 2.17 bits per heavy atom. The number of carbonyl (C=O) groups excluding carboxylic acids is 2. The van der Waals surface area contributed by atoms with E-state index in [1.165, 1.54) is 0 Å². The van der Waals surface area contributed by atoms with Gasteiger partial charge in [0, 0.05) is 17.9 Å². The van der Waals surface area contributed by atoms with Gasteiger partial charge in [0.05, 0.1) is 0 Å². The maximum atomic E-state index is 11.6. The zero-order chi connectivity index (χ0) is 21.6. The minimum atomic E-state index is -1.00. The number of carbonyl (C=O) groups is 3. The Morgan fingerprint density at radius 1 is 1.45 bits per heavy atom. The number of cyclic esters (lactones) is 1. The largest absolute Gasteiger partial charge is 0.507 e. The molecule has 1 aromatic carbocycles. The van der Waals surface area contributed by atoms with Gasteiger partial charge in [-0.3, -0.25) is 4.79 Å². The van der Waals surface area contributed by atoms with Crippen molar-refractivity contribution in [2.24, 2.45) is 0 Å². The third-order valence-corrected chi connectivity index (χ3v) is 4.96. The lowest BCUT2D eigenvalue weighted by Crippen LogP contribution is -2.35. The van der Waals surface area contributed by atoms with Crippen molar-refractivity contribution >= 4 is 29.9 Å². The molecule has 156 valence electrons. The molecule has 1 heterocycles. The van der Waals surface area contributed by atoms with Crippen LogP contribution in [0.2, 0.25) is 5.02 Å². The third-order valence-electron chi connectivity index (χ3n) is 4.63. The number of aromatic hydroxyl groups is 1. The maximum absolute atomic E-state index is 11.6. The van der Waals surface area contributed by atoms with Gasteiger partial charge in [0.15, 0.2) is 0 Å². The Bertz CT molecular complexity index is 861. The van der Waals surface area contributed by atoms with Gasteiger partial charge in [0.25, 0.3) is 0 Å². The lowest BCUT2D eigenvalue weighted by Gasteiger charge is -2.23. The van der Waals surface area contributed by atoms with Crippen molar-refractivity contribution in [3.8, 4) is 5.75 Å². The first kappa shape index (κ1) is 22.5. The van der Waals surface area contributed by atoms with E-state index in [1.54, 1.807) is 19.9 Å². The maximum Gasteiger partial charge on any atom is 0.342 e. The number of hydrogen-bond donors (Lipinski definition) is 3. The quantitative estimate of drug-likeness (QED) is 0.496. The number of aryl methyl sites for hydroxylation is 1. The topological polar surface area (TPSA) is 113 Å². The van der Waals surface area contributed by atoms with Crippen molar-refractivity contribution in [3.63, 3.8) is 0 Å². The average Bonchev–Trinajstić information content (AvgIpc) is 2.67. The van der Waals surface area contributed by atoms with Crippen LogP contribution in [0.5, 0.6) is 5.75 Å². The lowest BCUT2D eigenvalue weighted by molar-refractivity contribution is -0.140. The first-order valence-electron chi connectivity index (χ1n) is 9.24. The number of amides is 1. The summed E-state index contributed by atoms with van der Waals surface area (Å²) in [5.41, 5.74) is 2.46. The Kier molecular flexibility index (Phi) is 7.84. The molecule has 2 unspecified atom stereocenters. The van der Waals surface area contributed by atoms with E-state index in [-0.39, 0.29) is 17.4 Å². The highest BCUT2D eigenvalue weighted by Crippen LogP contribution is 2.36. The molecule has 0 radical (unpaired) electrons. The Labute approximate surface area is 174 Å². The van der Waals surface area contributed by atoms with Crippen LogP contribution in [0, 0.1) is 6.92 Å². The number of esters is 1. The molecular formula is C21H24ClNO6. The summed E-state index contributed by atoms with van der Waals surface area (Å²) in [5, 5.41) is 21.3. The number of ether oxygens (including phenoxy) is 1. The van der Waals surface area contributed by atoms with Crippen molar-refractivity contribution in [3.05, 3.63) is 51.6 Å². The number of benzene rings is 1. The van der Waals surface area contributed by atoms with E-state index in [1.807, 2.05) is 18.2 Å². The standard InChI is InChI=1S/C11H11ClO3.C10H13NO3/c1-5-3-8(12)7-4-6(2)15-11(14)9(7)10(5)13;12-7-11-9(10(13)14)6-8-4-2-1-3-5-8/h3,6,13H,4H2,1-2H3;2,4-5,7,9H,1,3,6H2,(H,11,12)(H,13,14). The zero-order valence-corrected chi connectivity index (χ0v) is 17.0. The Morgan fingerprint density at radius 3 is 2.76 bits per heavy atom. The van der Waals surface area contributed by atoms with Crippen LogP contribution in [-0.4, -0.2) is 40.7 Å². The van der Waals surface area contributed by atoms with Crippen LogP contribution in [0.15, 0.2) is 29.9 Å². The number of rotatable bonds is 5. The van der Waals surface area contributed by atoms with Gasteiger partial charge in [-0.1, -0.05) is 29.8 Å². The summed E-state index contributed by atoms with van der Waals surface area (Å²) < 4.78 is 5.05. The van der Waals surface area contributed by atoms with Gasteiger partial charge in [0.2, 0.25) is 6.41 Å². The van der Waals surface area contributed by atoms with Crippen molar-refractivity contribution < 1.29 is 29.3 Å². The molecule has 0 saturated carbocycles. The van der Waals surface area contributed by atoms with Crippen LogP contribution in [0.1, 0.15) is 47.7 Å². The van der Waals surface area contributed by atoms with E-state index in [2.05, 4.69) is 5.32 Å². The summed E-state index contributed by atoms with van der Waals surface area (Å²) in [6.07, 6.45) is 9.00. The fourth-order valence-corrected chi connectivity index (χ4v) is 3.49. The molecule has 3 N–H and O–H groups in total. The molecule has 29 heavy (non-hydrogen) atoms. The summed E-state index contributed by atoms with van der Waals surface area (Å²) in [6.45, 7) is 3.50. The molecule has 0 spiro atoms. The van der Waals surface area contributed by atoms with Crippen molar-refractivity contribution in [2.75, 3.05) is 0 Å². The third kappa shape index (κ3) is 5.84. The van der Waals surface area contributed by atoms with Gasteiger partial charge in [0.1, 0.15) is 23.5 Å². The molecule has 1 aromatic rings. The van der Waals surface area contributed by atoms with Crippen molar-refractivity contribution in [1.82, 2.24) is 5.32 Å². The summed E-state index contributed by atoms with van der Waals surface area (Å²) >= 11 is 6.03. The van der Waals surface area contributed by atoms with Crippen LogP contribution in [0.4, 0.5) is 0 Å². The second-order valence-corrected chi connectivity index (χ2v) is 7.34. The summed E-state index contributed by atoms with van der Waals surface area (Å²) in [7, 11) is 0. The number of carboxylic acid groups (broad SMARTS) is 1. The monoisotopic (exact) mass is 421 g/mol. The predicted molar refractivity (Wildman–Crippen MR) is 108 cm³/mol. The van der Waals surface area contributed by atoms with E-state index in [0.29, 0.717) is 35.4 Å². The molecule has 0 fully saturated rings. The van der Waals surface area contributed by atoms with Gasteiger partial charge in [-0.2, -0.15) is 0 Å². The first-order chi connectivity index (χ1) is 13.7. The molecular weight excluding hydrogens is 398 g/mol. The van der Waals surface area contributed by atoms with Crippen molar-refractivity contribution in [2.45, 2.75) is 51.7 Å². The number of fused-ring (bicyclic) bond motifs is 1. The average molecular weight is 422 g/mol. The molecule has 0 aromatic heterocycles. The molecule has 1 aliphatic heterocycles. The summed E-state index contributed by atoms with van der Waals surface area (Å²) in [4.78, 5) is 32.4. The fourth-order valence-electron chi connectivity index (χ4n) is 3.15. The lowest BCUT2D eigenvalue weighted by atomic mass is 9.96. The van der Waals surface area contributed by atoms with Crippen molar-refractivity contribution in [1.29, 1.82) is 0 Å². The van der Waals surface area contributed by atoms with Gasteiger partial charge in [-0.15, -0.1) is 0 Å². The molecule has 2 aliphatic rings. The first-order valence-corrected chi connectivity index (χ1v) is 9.62. The van der Waals surface area contributed by atoms with Gasteiger partial charge in [-0.25, -0.2) is 9.59 Å². The number of aliphatic carboxylic acids is 1. The molecule has 3 rings (SSSR count). The number of carboxylic acids is 1. The smallest absolute Gasteiger partial charge is 0.342 e. The fraction of sp³-hybridized carbons (Fsp3) is 0.381. The van der Waals surface area contributed by atoms with Crippen LogP contribution in [-0.2, 0) is 20.7 Å². The number of nitrogens with one attached hydrogen (secondary N) is 1. The van der Waals surface area contributed by atoms with E-state index < -0.39 is 18.0 Å². The highest BCUT2D eigenvalue weighted by atomic mass is 35.5. The van der Waals surface area contributed by atoms with E-state index in [4.69, 9.17) is 21.4 Å². The zero-order valence-electron chi connectivity index (χ0n) is 16.3. The second kappa shape index (κ2) is 10.1. The molecule has 1 amide bonds. The Balaban J connectivity index is 0.000000208. The summed E-state index contributed by atoms with van der Waals surface area (Å²) in [6, 6.07) is 0.850. The van der Waals surface area contributed by atoms with E-state index in [0.717, 1.165) is 18.4 Å². The Hall–Kier alpha value is -2.80. The molecule has 8 heteroatoms. The minimum absolute atomic E-state index is 0.0219. The highest BCUT2D eigenvalue weighted by Gasteiger charge is 2.29. The molecule has 2 atom stereocenters. The number of phenols is 1. The molecule has 0 saturated heterocycles. The predicted octanol–water partition coefficient (Wildman–Crippen LogP) is 3.31. The number of hydrogen-bond acceptors (Lipinski definition) is 5. The van der Waals surface area contributed by atoms with Gasteiger partial charge >= 0.3 is 11.9 Å². The molecule has 0 bridgehead atoms. The minimum Gasteiger partial charge on any atom is -0.507 e. The molecule has 7 nitrogen and oxygen atoms in total. The number of phenolic OH excluding ortho intramolecular Hbond substituents is 1. The van der Waals surface area contributed by atoms with Crippen LogP contribution in [0.3, 0.4) is 0 Å². The highest BCUT2D eigenvalue weighted by molar-refractivity contribution is 6.32. The second-order valence-electron chi connectivity index (χ2n) is 6.94. The normalized spacial score (nSPS) is 18.4. The van der Waals surface area contributed by atoms with Crippen LogP contribution < -0.4 is 5.32 Å². The van der Waals surface area contributed by atoms with Crippen LogP contribution in [0.25, 0.3) is 0 Å².